The molecule has 34 heavy (non-hydrogen) atoms. The minimum Gasteiger partial charge on any atom is -0.497 e. The lowest BCUT2D eigenvalue weighted by Gasteiger charge is -2.35. The van der Waals surface area contributed by atoms with E-state index in [4.69, 9.17) is 14.2 Å². The van der Waals surface area contributed by atoms with Crippen molar-refractivity contribution in [2.45, 2.75) is 24.3 Å². The quantitative estimate of drug-likeness (QED) is 0.467. The highest BCUT2D eigenvalue weighted by atomic mass is 32.2. The Balaban J connectivity index is 1.52. The lowest BCUT2D eigenvalue weighted by molar-refractivity contribution is -0.121. The van der Waals surface area contributed by atoms with Crippen LogP contribution in [0.2, 0.25) is 0 Å². The second-order valence-corrected chi connectivity index (χ2v) is 9.56. The van der Waals surface area contributed by atoms with Gasteiger partial charge in [0.15, 0.2) is 0 Å². The Morgan fingerprint density at radius 1 is 1.06 bits per heavy atom. The molecule has 1 heterocycles. The van der Waals surface area contributed by atoms with E-state index in [0.717, 1.165) is 24.4 Å². The summed E-state index contributed by atoms with van der Waals surface area (Å²) in [6.07, 6.45) is 0.0364. The van der Waals surface area contributed by atoms with E-state index in [1.54, 1.807) is 19.2 Å². The van der Waals surface area contributed by atoms with Crippen molar-refractivity contribution in [2.75, 3.05) is 53.1 Å². The molecule has 3 rings (SSSR count). The minimum absolute atomic E-state index is 0.00609. The van der Waals surface area contributed by atoms with Crippen LogP contribution in [0.1, 0.15) is 24.9 Å². The number of hydrogen-bond donors (Lipinski definition) is 2. The predicted molar refractivity (Wildman–Crippen MR) is 129 cm³/mol. The van der Waals surface area contributed by atoms with Crippen molar-refractivity contribution in [3.8, 4) is 11.5 Å². The Bertz CT molecular complexity index is 1010. The van der Waals surface area contributed by atoms with Gasteiger partial charge in [-0.15, -0.1) is 0 Å². The van der Waals surface area contributed by atoms with E-state index in [1.807, 2.05) is 31.2 Å². The molecule has 0 unspecified atom stereocenters. The van der Waals surface area contributed by atoms with Crippen LogP contribution in [0.15, 0.2) is 53.4 Å². The van der Waals surface area contributed by atoms with Crippen molar-refractivity contribution in [3.63, 3.8) is 0 Å². The fraction of sp³-hybridized carbons (Fsp3) is 0.458. The molecule has 1 saturated heterocycles. The third-order valence-corrected chi connectivity index (χ3v) is 7.05. The van der Waals surface area contributed by atoms with E-state index < -0.39 is 10.0 Å². The zero-order chi connectivity index (χ0) is 24.4. The summed E-state index contributed by atoms with van der Waals surface area (Å²) < 4.78 is 43.5. The molecule has 0 saturated carbocycles. The van der Waals surface area contributed by atoms with Gasteiger partial charge in [-0.2, -0.15) is 0 Å². The molecule has 0 bridgehead atoms. The van der Waals surface area contributed by atoms with Crippen molar-refractivity contribution < 1.29 is 27.4 Å². The normalized spacial score (nSPS) is 15.5. The molecular weight excluding hydrogens is 458 g/mol. The van der Waals surface area contributed by atoms with Crippen molar-refractivity contribution in [1.82, 2.24) is 14.9 Å². The predicted octanol–water partition coefficient (Wildman–Crippen LogP) is 1.95. The van der Waals surface area contributed by atoms with Gasteiger partial charge >= 0.3 is 0 Å². The summed E-state index contributed by atoms with van der Waals surface area (Å²) >= 11 is 0. The van der Waals surface area contributed by atoms with Crippen molar-refractivity contribution in [1.29, 1.82) is 0 Å². The number of rotatable bonds is 12. The molecule has 1 atom stereocenters. The molecule has 1 amide bonds. The first-order valence-corrected chi connectivity index (χ1v) is 12.9. The number of nitrogens with one attached hydrogen (secondary N) is 2. The van der Waals surface area contributed by atoms with Gasteiger partial charge in [-0.25, -0.2) is 13.1 Å². The van der Waals surface area contributed by atoms with Gasteiger partial charge in [-0.1, -0.05) is 12.1 Å². The van der Waals surface area contributed by atoms with Gasteiger partial charge in [-0.3, -0.25) is 9.69 Å². The maximum Gasteiger partial charge on any atom is 0.240 e. The summed E-state index contributed by atoms with van der Waals surface area (Å²) in [5.74, 6) is 1.15. The van der Waals surface area contributed by atoms with Gasteiger partial charge in [0, 0.05) is 32.6 Å². The van der Waals surface area contributed by atoms with Gasteiger partial charge in [0.25, 0.3) is 0 Å². The number of nitrogens with zero attached hydrogens (tertiary/aromatic N) is 1. The first-order valence-electron chi connectivity index (χ1n) is 11.4. The third-order valence-electron chi connectivity index (χ3n) is 5.57. The Kier molecular flexibility index (Phi) is 9.70. The second-order valence-electron chi connectivity index (χ2n) is 7.79. The molecule has 1 fully saturated rings. The highest BCUT2D eigenvalue weighted by Crippen LogP contribution is 2.23. The number of carbonyl (C=O) groups excluding carboxylic acids is 1. The lowest BCUT2D eigenvalue weighted by Crippen LogP contribution is -2.44. The number of ether oxygens (including phenoxy) is 3. The number of carbonyl (C=O) groups is 1. The molecule has 9 nitrogen and oxygen atoms in total. The van der Waals surface area contributed by atoms with Gasteiger partial charge in [0.1, 0.15) is 11.5 Å². The van der Waals surface area contributed by atoms with Crippen LogP contribution in [-0.4, -0.2) is 72.3 Å². The molecule has 10 heteroatoms. The van der Waals surface area contributed by atoms with E-state index in [9.17, 15) is 13.2 Å². The van der Waals surface area contributed by atoms with Crippen molar-refractivity contribution in [2.24, 2.45) is 0 Å². The molecule has 2 N–H and O–H groups in total. The average molecular weight is 492 g/mol. The Morgan fingerprint density at radius 2 is 1.71 bits per heavy atom. The summed E-state index contributed by atoms with van der Waals surface area (Å²) in [5, 5.41) is 2.95. The van der Waals surface area contributed by atoms with E-state index in [0.29, 0.717) is 32.1 Å². The fourth-order valence-corrected chi connectivity index (χ4v) is 4.77. The van der Waals surface area contributed by atoms with E-state index >= 15 is 0 Å². The zero-order valence-electron chi connectivity index (χ0n) is 19.7. The maximum atomic E-state index is 12.5. The van der Waals surface area contributed by atoms with Crippen LogP contribution in [-0.2, 0) is 19.6 Å². The molecule has 186 valence electrons. The number of morpholine rings is 1. The summed E-state index contributed by atoms with van der Waals surface area (Å²) in [6, 6.07) is 14.0. The number of methoxy groups -OCH3 is 1. The van der Waals surface area contributed by atoms with E-state index in [-0.39, 0.29) is 29.8 Å². The van der Waals surface area contributed by atoms with Crippen molar-refractivity contribution in [3.05, 3.63) is 54.1 Å². The highest BCUT2D eigenvalue weighted by Gasteiger charge is 2.23. The molecule has 1 aliphatic rings. The lowest BCUT2D eigenvalue weighted by atomic mass is 10.0. The summed E-state index contributed by atoms with van der Waals surface area (Å²) in [4.78, 5) is 14.9. The molecule has 2 aromatic rings. The molecule has 0 radical (unpaired) electrons. The standard InChI is InChI=1S/C24H33N3O6S/c1-3-33-21-8-10-22(11-9-21)34(29,30)26-13-12-24(28)25-18-23(27-14-16-32-17-15-27)19-4-6-20(31-2)7-5-19/h4-11,23,26H,3,12-18H2,1-2H3,(H,25,28)/t23-/m0/s1. The van der Waals surface area contributed by atoms with Gasteiger partial charge in [0.05, 0.1) is 37.9 Å². The van der Waals surface area contributed by atoms with Crippen LogP contribution >= 0.6 is 0 Å². The van der Waals surface area contributed by atoms with Crippen molar-refractivity contribution >= 4 is 15.9 Å². The first kappa shape index (κ1) is 26.0. The number of hydrogen-bond acceptors (Lipinski definition) is 7. The van der Waals surface area contributed by atoms with Crippen LogP contribution < -0.4 is 19.5 Å². The SMILES string of the molecule is CCOc1ccc(S(=O)(=O)NCCC(=O)NC[C@@H](c2ccc(OC)cc2)N2CCOCC2)cc1. The Morgan fingerprint density at radius 3 is 2.32 bits per heavy atom. The molecule has 0 aliphatic carbocycles. The third kappa shape index (κ3) is 7.42. The highest BCUT2D eigenvalue weighted by molar-refractivity contribution is 7.89. The van der Waals surface area contributed by atoms with Crippen LogP contribution in [0.3, 0.4) is 0 Å². The number of amides is 1. The Hall–Kier alpha value is -2.66. The molecule has 0 aromatic heterocycles. The zero-order valence-corrected chi connectivity index (χ0v) is 20.5. The molecular formula is C24H33N3O6S. The first-order chi connectivity index (χ1) is 16.4. The molecule has 2 aromatic carbocycles. The number of benzene rings is 2. The molecule has 1 aliphatic heterocycles. The van der Waals surface area contributed by atoms with E-state index in [1.165, 1.54) is 12.1 Å². The van der Waals surface area contributed by atoms with Crippen LogP contribution in [0.25, 0.3) is 0 Å². The minimum atomic E-state index is -3.71. The average Bonchev–Trinajstić information content (AvgIpc) is 2.85. The van der Waals surface area contributed by atoms with E-state index in [2.05, 4.69) is 14.9 Å². The summed E-state index contributed by atoms with van der Waals surface area (Å²) in [5.41, 5.74) is 1.07. The van der Waals surface area contributed by atoms with Crippen LogP contribution in [0, 0.1) is 0 Å². The largest absolute Gasteiger partial charge is 0.497 e. The smallest absolute Gasteiger partial charge is 0.240 e. The molecule has 0 spiro atoms. The van der Waals surface area contributed by atoms with Crippen LogP contribution in [0.5, 0.6) is 11.5 Å². The van der Waals surface area contributed by atoms with Gasteiger partial charge < -0.3 is 19.5 Å². The summed E-state index contributed by atoms with van der Waals surface area (Å²) in [7, 11) is -2.08. The van der Waals surface area contributed by atoms with Gasteiger partial charge in [0.2, 0.25) is 15.9 Å². The topological polar surface area (TPSA) is 106 Å². The second kappa shape index (κ2) is 12.7. The van der Waals surface area contributed by atoms with Crippen LogP contribution in [0.4, 0.5) is 0 Å². The summed E-state index contributed by atoms with van der Waals surface area (Å²) in [6.45, 7) is 5.62. The maximum absolute atomic E-state index is 12.5. The number of sulfonamides is 1. The van der Waals surface area contributed by atoms with Gasteiger partial charge in [-0.05, 0) is 48.9 Å². The monoisotopic (exact) mass is 491 g/mol. The fourth-order valence-electron chi connectivity index (χ4n) is 3.74. The Labute approximate surface area is 201 Å².